The number of aryl methyl sites for hydroxylation is 1. The van der Waals surface area contributed by atoms with E-state index in [1.807, 2.05) is 11.0 Å². The summed E-state index contributed by atoms with van der Waals surface area (Å²) < 4.78 is 1.52. The number of carbonyl (C=O) groups excluding carboxylic acids is 2. The second-order valence-electron chi connectivity index (χ2n) is 6.21. The van der Waals surface area contributed by atoms with Crippen molar-refractivity contribution < 1.29 is 9.59 Å². The lowest BCUT2D eigenvalue weighted by atomic mass is 10.2. The van der Waals surface area contributed by atoms with Gasteiger partial charge in [0.2, 0.25) is 5.91 Å². The van der Waals surface area contributed by atoms with Crippen molar-refractivity contribution in [1.29, 1.82) is 0 Å². The van der Waals surface area contributed by atoms with Crippen LogP contribution < -0.4 is 5.32 Å². The largest absolute Gasteiger partial charge is 0.333 e. The van der Waals surface area contributed by atoms with Crippen LogP contribution in [0.3, 0.4) is 0 Å². The minimum atomic E-state index is -0.231. The third-order valence-corrected chi connectivity index (χ3v) is 5.54. The topological polar surface area (TPSA) is 111 Å². The van der Waals surface area contributed by atoms with Gasteiger partial charge in [0.05, 0.1) is 17.1 Å². The molecule has 0 aliphatic carbocycles. The molecule has 1 N–H and O–H groups in total. The smallest absolute Gasteiger partial charge is 0.266 e. The van der Waals surface area contributed by atoms with Gasteiger partial charge in [-0.2, -0.15) is 15.0 Å². The minimum Gasteiger partial charge on any atom is -0.333 e. The number of rotatable bonds is 5. The molecule has 1 fully saturated rings. The van der Waals surface area contributed by atoms with E-state index in [0.29, 0.717) is 17.2 Å². The Morgan fingerprint density at radius 2 is 2.22 bits per heavy atom. The van der Waals surface area contributed by atoms with Crippen LogP contribution in [0, 0.1) is 0 Å². The van der Waals surface area contributed by atoms with Gasteiger partial charge in [0.15, 0.2) is 5.82 Å². The summed E-state index contributed by atoms with van der Waals surface area (Å²) in [5.74, 6) is 0.176. The Hall–Kier alpha value is -3.08. The molecule has 0 saturated carbocycles. The predicted molar refractivity (Wildman–Crippen MR) is 97.0 cm³/mol. The van der Waals surface area contributed by atoms with E-state index in [1.54, 1.807) is 13.1 Å². The molecule has 1 aliphatic rings. The number of thiophene rings is 1. The molecule has 0 spiro atoms. The average Bonchev–Trinajstić information content (AvgIpc) is 3.42. The summed E-state index contributed by atoms with van der Waals surface area (Å²) in [6, 6.07) is 3.69. The molecule has 0 bridgehead atoms. The summed E-state index contributed by atoms with van der Waals surface area (Å²) in [6.45, 7) is 0.874. The second kappa shape index (κ2) is 7.27. The molecular weight excluding hydrogens is 368 g/mol. The zero-order chi connectivity index (χ0) is 18.8. The number of nitrogens with one attached hydrogen (secondary N) is 1. The number of nitrogens with zero attached hydrogens (tertiary/aromatic N) is 7. The van der Waals surface area contributed by atoms with Gasteiger partial charge in [-0.15, -0.1) is 16.4 Å². The van der Waals surface area contributed by atoms with Gasteiger partial charge in [-0.25, -0.2) is 9.67 Å². The van der Waals surface area contributed by atoms with E-state index in [-0.39, 0.29) is 24.4 Å². The maximum atomic E-state index is 12.6. The van der Waals surface area contributed by atoms with Gasteiger partial charge in [-0.05, 0) is 25.0 Å². The maximum absolute atomic E-state index is 12.6. The average molecular weight is 386 g/mol. The predicted octanol–water partition coefficient (Wildman–Crippen LogP) is 1.08. The van der Waals surface area contributed by atoms with E-state index in [2.05, 4.69) is 25.6 Å². The zero-order valence-electron chi connectivity index (χ0n) is 14.6. The Morgan fingerprint density at radius 1 is 1.33 bits per heavy atom. The molecule has 3 aromatic heterocycles. The lowest BCUT2D eigenvalue weighted by Crippen LogP contribution is -2.33. The summed E-state index contributed by atoms with van der Waals surface area (Å²) >= 11 is 1.40. The van der Waals surface area contributed by atoms with E-state index in [1.165, 1.54) is 39.7 Å². The third-order valence-electron chi connectivity index (χ3n) is 4.36. The van der Waals surface area contributed by atoms with Crippen LogP contribution in [0.15, 0.2) is 31.0 Å². The summed E-state index contributed by atoms with van der Waals surface area (Å²) in [7, 11) is 1.68. The van der Waals surface area contributed by atoms with E-state index < -0.39 is 0 Å². The fraction of sp³-hybridized carbons (Fsp3) is 0.375. The van der Waals surface area contributed by atoms with E-state index >= 15 is 0 Å². The van der Waals surface area contributed by atoms with Crippen molar-refractivity contribution in [3.63, 3.8) is 0 Å². The lowest BCUT2D eigenvalue weighted by Gasteiger charge is -2.23. The van der Waals surface area contributed by atoms with E-state index in [0.717, 1.165) is 17.7 Å². The van der Waals surface area contributed by atoms with Crippen LogP contribution in [-0.4, -0.2) is 53.0 Å². The van der Waals surface area contributed by atoms with Crippen molar-refractivity contribution in [2.75, 3.05) is 11.9 Å². The summed E-state index contributed by atoms with van der Waals surface area (Å²) in [5, 5.41) is 14.7. The number of hydrogen-bond donors (Lipinski definition) is 1. The number of aromatic nitrogens is 6. The molecule has 2 amide bonds. The van der Waals surface area contributed by atoms with Gasteiger partial charge < -0.3 is 10.2 Å². The molecule has 4 rings (SSSR count). The van der Waals surface area contributed by atoms with Crippen LogP contribution in [0.4, 0.5) is 5.82 Å². The molecule has 0 aromatic carbocycles. The monoisotopic (exact) mass is 386 g/mol. The van der Waals surface area contributed by atoms with Crippen molar-refractivity contribution in [2.24, 2.45) is 7.05 Å². The van der Waals surface area contributed by atoms with E-state index in [4.69, 9.17) is 0 Å². The van der Waals surface area contributed by atoms with Crippen LogP contribution in [-0.2, 0) is 18.4 Å². The molecule has 4 heterocycles. The number of hydrogen-bond acceptors (Lipinski definition) is 7. The van der Waals surface area contributed by atoms with Gasteiger partial charge in [-0.3, -0.25) is 9.59 Å². The molecule has 1 atom stereocenters. The van der Waals surface area contributed by atoms with Crippen molar-refractivity contribution in [1.82, 2.24) is 34.7 Å². The highest BCUT2D eigenvalue weighted by Gasteiger charge is 2.31. The number of likely N-dealkylation sites (tertiary alicyclic amines) is 1. The van der Waals surface area contributed by atoms with Gasteiger partial charge >= 0.3 is 0 Å². The van der Waals surface area contributed by atoms with Crippen LogP contribution in [0.1, 0.15) is 33.4 Å². The van der Waals surface area contributed by atoms with Crippen LogP contribution in [0.25, 0.3) is 0 Å². The maximum Gasteiger partial charge on any atom is 0.266 e. The molecule has 27 heavy (non-hydrogen) atoms. The molecule has 1 saturated heterocycles. The molecule has 0 radical (unpaired) electrons. The highest BCUT2D eigenvalue weighted by Crippen LogP contribution is 2.36. The number of amides is 2. The fourth-order valence-electron chi connectivity index (χ4n) is 3.14. The number of anilines is 1. The molecule has 11 heteroatoms. The van der Waals surface area contributed by atoms with E-state index in [9.17, 15) is 9.59 Å². The molecule has 3 aromatic rings. The third kappa shape index (κ3) is 3.72. The first-order valence-electron chi connectivity index (χ1n) is 8.49. The molecule has 1 aliphatic heterocycles. The van der Waals surface area contributed by atoms with Crippen LogP contribution in [0.2, 0.25) is 0 Å². The Labute approximate surface area is 158 Å². The lowest BCUT2D eigenvalue weighted by molar-refractivity contribution is -0.132. The Balaban J connectivity index is 1.45. The first kappa shape index (κ1) is 17.3. The molecule has 140 valence electrons. The zero-order valence-corrected chi connectivity index (χ0v) is 15.5. The van der Waals surface area contributed by atoms with Crippen LogP contribution >= 0.6 is 11.3 Å². The molecule has 0 unspecified atom stereocenters. The SMILES string of the molecule is Cn1ncc(NC(=O)c2ccc([C@H]3CCCN3C(=O)Cn3cncn3)s2)n1. The highest BCUT2D eigenvalue weighted by atomic mass is 32.1. The Morgan fingerprint density at radius 3 is 2.96 bits per heavy atom. The molecular formula is C16H18N8O2S. The summed E-state index contributed by atoms with van der Waals surface area (Å²) in [5.41, 5.74) is 0. The number of carbonyl (C=O) groups is 2. The first-order chi connectivity index (χ1) is 13.1. The van der Waals surface area contributed by atoms with Gasteiger partial charge in [-0.1, -0.05) is 0 Å². The Bertz CT molecular complexity index is 947. The summed E-state index contributed by atoms with van der Waals surface area (Å²) in [4.78, 5) is 33.7. The Kier molecular flexibility index (Phi) is 4.67. The normalized spacial score (nSPS) is 16.6. The standard InChI is InChI=1S/C16H18N8O2S/c1-22-18-7-14(21-22)20-16(26)13-5-4-12(27-13)11-3-2-6-24(11)15(25)8-23-10-17-9-19-23/h4-5,7,9-11H,2-3,6,8H2,1H3,(H,20,21,26)/t11-/m1/s1. The van der Waals surface area contributed by atoms with Crippen molar-refractivity contribution in [2.45, 2.75) is 25.4 Å². The van der Waals surface area contributed by atoms with Crippen molar-refractivity contribution in [3.05, 3.63) is 40.7 Å². The second-order valence-corrected chi connectivity index (χ2v) is 7.33. The van der Waals surface area contributed by atoms with Gasteiger partial charge in [0.1, 0.15) is 19.2 Å². The summed E-state index contributed by atoms with van der Waals surface area (Å²) in [6.07, 6.45) is 6.26. The van der Waals surface area contributed by atoms with Crippen molar-refractivity contribution in [3.8, 4) is 0 Å². The highest BCUT2D eigenvalue weighted by molar-refractivity contribution is 7.14. The van der Waals surface area contributed by atoms with Gasteiger partial charge in [0, 0.05) is 18.5 Å². The first-order valence-corrected chi connectivity index (χ1v) is 9.31. The van der Waals surface area contributed by atoms with Crippen molar-refractivity contribution >= 4 is 29.0 Å². The minimum absolute atomic E-state index is 0.00182. The molecule has 10 nitrogen and oxygen atoms in total. The van der Waals surface area contributed by atoms with Crippen LogP contribution in [0.5, 0.6) is 0 Å². The fourth-order valence-corrected chi connectivity index (χ4v) is 4.19. The van der Waals surface area contributed by atoms with Gasteiger partial charge in [0.25, 0.3) is 5.91 Å². The quantitative estimate of drug-likeness (QED) is 0.703.